The maximum absolute atomic E-state index is 13.0. The van der Waals surface area contributed by atoms with Crippen molar-refractivity contribution in [3.05, 3.63) is 70.0 Å². The van der Waals surface area contributed by atoms with Crippen molar-refractivity contribution in [1.29, 1.82) is 0 Å². The van der Waals surface area contributed by atoms with Gasteiger partial charge in [-0.1, -0.05) is 28.9 Å². The molecule has 0 aliphatic carbocycles. The summed E-state index contributed by atoms with van der Waals surface area (Å²) >= 11 is 5.56. The first kappa shape index (κ1) is 17.0. The lowest BCUT2D eigenvalue weighted by Gasteiger charge is -2.07. The van der Waals surface area contributed by atoms with Gasteiger partial charge in [0.15, 0.2) is 0 Å². The molecule has 0 saturated carbocycles. The van der Waals surface area contributed by atoms with Gasteiger partial charge in [0.05, 0.1) is 22.4 Å². The molecule has 2 aromatic carbocycles. The van der Waals surface area contributed by atoms with Crippen molar-refractivity contribution < 1.29 is 27.2 Å². The largest absolute Gasteiger partial charge is 0.416 e. The number of hydrogen-bond donors (Lipinski definition) is 0. The molecule has 0 saturated heterocycles. The Kier molecular flexibility index (Phi) is 5.00. The smallest absolute Gasteiger partial charge is 0.313 e. The summed E-state index contributed by atoms with van der Waals surface area (Å²) < 4.78 is 50.6. The van der Waals surface area contributed by atoms with Crippen LogP contribution in [0.2, 0.25) is 5.02 Å². The van der Waals surface area contributed by atoms with Gasteiger partial charge in [0.1, 0.15) is 5.82 Å². The molecule has 2 rings (SSSR count). The molecule has 3 nitrogen and oxygen atoms in total. The van der Waals surface area contributed by atoms with E-state index in [1.54, 1.807) is 0 Å². The minimum Gasteiger partial charge on any atom is -0.313 e. The molecule has 8 heteroatoms. The van der Waals surface area contributed by atoms with Crippen molar-refractivity contribution in [3.63, 3.8) is 0 Å². The van der Waals surface area contributed by atoms with Gasteiger partial charge in [-0.15, -0.1) is 0 Å². The normalized spacial score (nSPS) is 11.7. The first-order valence-electron chi connectivity index (χ1n) is 6.14. The number of carbonyl (C=O) groups is 1. The molecule has 0 amide bonds. The predicted octanol–water partition coefficient (Wildman–Crippen LogP) is 4.69. The van der Waals surface area contributed by atoms with E-state index in [4.69, 9.17) is 11.6 Å². The van der Waals surface area contributed by atoms with Crippen LogP contribution in [-0.4, -0.2) is 12.2 Å². The molecule has 0 heterocycles. The second-order valence-electron chi connectivity index (χ2n) is 4.37. The average molecular weight is 346 g/mol. The topological polar surface area (TPSA) is 38.7 Å². The van der Waals surface area contributed by atoms with Crippen LogP contribution >= 0.6 is 11.6 Å². The molecular formula is C15H8ClF4NO2. The van der Waals surface area contributed by atoms with E-state index >= 15 is 0 Å². The fourth-order valence-electron chi connectivity index (χ4n) is 1.60. The Hall–Kier alpha value is -2.41. The van der Waals surface area contributed by atoms with Gasteiger partial charge in [-0.05, 0) is 35.9 Å². The third kappa shape index (κ3) is 4.53. The maximum Gasteiger partial charge on any atom is 0.416 e. The number of hydrogen-bond acceptors (Lipinski definition) is 3. The zero-order valence-electron chi connectivity index (χ0n) is 11.3. The first-order valence-corrected chi connectivity index (χ1v) is 6.52. The zero-order valence-corrected chi connectivity index (χ0v) is 12.0. The second-order valence-corrected chi connectivity index (χ2v) is 4.77. The number of oxime groups is 1. The van der Waals surface area contributed by atoms with E-state index in [0.717, 1.165) is 24.4 Å². The van der Waals surface area contributed by atoms with Crippen molar-refractivity contribution in [1.82, 2.24) is 0 Å². The standard InChI is InChI=1S/C15H8ClF4NO2/c16-12-6-9(4-5-13(12)17)8-21-23-14(22)10-2-1-3-11(7-10)15(18,19)20/h1-8H. The second kappa shape index (κ2) is 6.78. The van der Waals surface area contributed by atoms with Crippen LogP contribution in [0.5, 0.6) is 0 Å². The zero-order chi connectivity index (χ0) is 17.0. The Labute approximate surface area is 133 Å². The Balaban J connectivity index is 2.07. The minimum atomic E-state index is -4.57. The van der Waals surface area contributed by atoms with Crippen LogP contribution in [0, 0.1) is 5.82 Å². The van der Waals surface area contributed by atoms with E-state index in [0.29, 0.717) is 11.6 Å². The first-order chi connectivity index (χ1) is 10.8. The molecule has 0 atom stereocenters. The molecule has 0 aromatic heterocycles. The molecule has 120 valence electrons. The molecule has 0 aliphatic heterocycles. The number of benzene rings is 2. The molecule has 0 aliphatic rings. The van der Waals surface area contributed by atoms with E-state index in [2.05, 4.69) is 9.99 Å². The van der Waals surface area contributed by atoms with Gasteiger partial charge in [-0.2, -0.15) is 13.2 Å². The van der Waals surface area contributed by atoms with Crippen LogP contribution in [0.1, 0.15) is 21.5 Å². The predicted molar refractivity (Wildman–Crippen MR) is 75.9 cm³/mol. The Morgan fingerprint density at radius 3 is 2.57 bits per heavy atom. The number of rotatable bonds is 3. The molecule has 0 fully saturated rings. The van der Waals surface area contributed by atoms with Crippen LogP contribution in [0.3, 0.4) is 0 Å². The van der Waals surface area contributed by atoms with Gasteiger partial charge in [0.25, 0.3) is 0 Å². The molecule has 0 radical (unpaired) electrons. The van der Waals surface area contributed by atoms with Gasteiger partial charge in [0, 0.05) is 0 Å². The quantitative estimate of drug-likeness (QED) is 0.350. The van der Waals surface area contributed by atoms with E-state index in [-0.39, 0.29) is 10.6 Å². The van der Waals surface area contributed by atoms with Crippen LogP contribution in [0.25, 0.3) is 0 Å². The van der Waals surface area contributed by atoms with Crippen molar-refractivity contribution >= 4 is 23.8 Å². The highest BCUT2D eigenvalue weighted by Crippen LogP contribution is 2.29. The summed E-state index contributed by atoms with van der Waals surface area (Å²) in [5, 5.41) is 3.20. The lowest BCUT2D eigenvalue weighted by Crippen LogP contribution is -2.08. The van der Waals surface area contributed by atoms with E-state index in [1.165, 1.54) is 18.2 Å². The highest BCUT2D eigenvalue weighted by atomic mass is 35.5. The number of nitrogens with zero attached hydrogens (tertiary/aromatic N) is 1. The Bertz CT molecular complexity index is 759. The summed E-state index contributed by atoms with van der Waals surface area (Å²) in [5.41, 5.74) is -0.913. The molecule has 0 unspecified atom stereocenters. The molecule has 0 bridgehead atoms. The fraction of sp³-hybridized carbons (Fsp3) is 0.0667. The van der Waals surface area contributed by atoms with Crippen molar-refractivity contribution in [2.24, 2.45) is 5.16 Å². The summed E-state index contributed by atoms with van der Waals surface area (Å²) in [6.45, 7) is 0. The van der Waals surface area contributed by atoms with Gasteiger partial charge in [-0.3, -0.25) is 0 Å². The highest BCUT2D eigenvalue weighted by molar-refractivity contribution is 6.31. The number of carbonyl (C=O) groups excluding carboxylic acids is 1. The van der Waals surface area contributed by atoms with Gasteiger partial charge in [-0.25, -0.2) is 9.18 Å². The Morgan fingerprint density at radius 2 is 1.91 bits per heavy atom. The van der Waals surface area contributed by atoms with Gasteiger partial charge < -0.3 is 4.84 Å². The van der Waals surface area contributed by atoms with Gasteiger partial charge >= 0.3 is 12.1 Å². The van der Waals surface area contributed by atoms with Crippen molar-refractivity contribution in [2.75, 3.05) is 0 Å². The third-order valence-electron chi connectivity index (χ3n) is 2.71. The summed E-state index contributed by atoms with van der Waals surface area (Å²) in [5.74, 6) is -1.68. The molecule has 2 aromatic rings. The molecular weight excluding hydrogens is 338 g/mol. The summed E-state index contributed by atoms with van der Waals surface area (Å²) in [7, 11) is 0. The molecule has 23 heavy (non-hydrogen) atoms. The van der Waals surface area contributed by atoms with Crippen LogP contribution in [-0.2, 0) is 11.0 Å². The highest BCUT2D eigenvalue weighted by Gasteiger charge is 2.31. The summed E-state index contributed by atoms with van der Waals surface area (Å²) in [6.07, 6.45) is -3.48. The summed E-state index contributed by atoms with van der Waals surface area (Å²) in [4.78, 5) is 16.1. The van der Waals surface area contributed by atoms with Crippen LogP contribution in [0.15, 0.2) is 47.6 Å². The lowest BCUT2D eigenvalue weighted by molar-refractivity contribution is -0.137. The van der Waals surface area contributed by atoms with Crippen LogP contribution in [0.4, 0.5) is 17.6 Å². The number of halogens is 5. The maximum atomic E-state index is 13.0. The number of alkyl halides is 3. The van der Waals surface area contributed by atoms with Crippen molar-refractivity contribution in [2.45, 2.75) is 6.18 Å². The lowest BCUT2D eigenvalue weighted by atomic mass is 10.1. The van der Waals surface area contributed by atoms with E-state index < -0.39 is 23.5 Å². The SMILES string of the molecule is O=C(ON=Cc1ccc(F)c(Cl)c1)c1cccc(C(F)(F)F)c1. The van der Waals surface area contributed by atoms with Crippen molar-refractivity contribution in [3.8, 4) is 0 Å². The monoisotopic (exact) mass is 345 g/mol. The fourth-order valence-corrected chi connectivity index (χ4v) is 1.79. The minimum absolute atomic E-state index is 0.141. The summed E-state index contributed by atoms with van der Waals surface area (Å²) in [6, 6.07) is 7.43. The van der Waals surface area contributed by atoms with E-state index in [9.17, 15) is 22.4 Å². The van der Waals surface area contributed by atoms with E-state index in [1.807, 2.05) is 0 Å². The molecule has 0 spiro atoms. The Morgan fingerprint density at radius 1 is 1.17 bits per heavy atom. The van der Waals surface area contributed by atoms with Crippen LogP contribution < -0.4 is 0 Å². The molecule has 0 N–H and O–H groups in total. The third-order valence-corrected chi connectivity index (χ3v) is 3.00. The van der Waals surface area contributed by atoms with Gasteiger partial charge in [0.2, 0.25) is 0 Å². The average Bonchev–Trinajstić information content (AvgIpc) is 2.50.